The number of amides is 1. The second-order valence-corrected chi connectivity index (χ2v) is 16.6. The van der Waals surface area contributed by atoms with Gasteiger partial charge in [0.1, 0.15) is 6.10 Å². The Morgan fingerprint density at radius 1 is 0.508 bits per heavy atom. The number of hydrogen-bond donors (Lipinski definition) is 3. The summed E-state index contributed by atoms with van der Waals surface area (Å²) in [6, 6.07) is -0.722. The maximum atomic E-state index is 13.2. The van der Waals surface area contributed by atoms with Crippen LogP contribution in [-0.2, 0) is 14.3 Å². The van der Waals surface area contributed by atoms with Crippen LogP contribution >= 0.6 is 0 Å². The Kier molecular flexibility index (Phi) is 44.2. The molecule has 0 saturated carbocycles. The topological polar surface area (TPSA) is 95.9 Å². The molecule has 6 nitrogen and oxygen atoms in total. The molecular formula is C53H93NO5. The summed E-state index contributed by atoms with van der Waals surface area (Å²) >= 11 is 0. The first-order valence-electron chi connectivity index (χ1n) is 24.7. The van der Waals surface area contributed by atoms with Crippen molar-refractivity contribution in [1.82, 2.24) is 5.32 Å². The van der Waals surface area contributed by atoms with Gasteiger partial charge in [0.05, 0.1) is 25.2 Å². The molecule has 0 rings (SSSR count). The molecule has 0 aromatic heterocycles. The van der Waals surface area contributed by atoms with Crippen molar-refractivity contribution in [1.29, 1.82) is 0 Å². The van der Waals surface area contributed by atoms with Gasteiger partial charge in [0.15, 0.2) is 0 Å². The fourth-order valence-corrected chi connectivity index (χ4v) is 7.14. The van der Waals surface area contributed by atoms with E-state index in [9.17, 15) is 19.8 Å². The molecule has 6 heteroatoms. The van der Waals surface area contributed by atoms with E-state index in [1.54, 1.807) is 0 Å². The molecule has 340 valence electrons. The van der Waals surface area contributed by atoms with Crippen LogP contribution in [0.5, 0.6) is 0 Å². The molecule has 0 spiro atoms. The number of carbonyl (C=O) groups is 2. The minimum absolute atomic E-state index is 0.0380. The summed E-state index contributed by atoms with van der Waals surface area (Å²) in [5.74, 6) is -0.548. The number of aliphatic hydroxyl groups is 2. The molecule has 0 aliphatic heterocycles. The number of aliphatic hydroxyl groups excluding tert-OH is 2. The van der Waals surface area contributed by atoms with Gasteiger partial charge in [-0.3, -0.25) is 9.59 Å². The first-order valence-corrected chi connectivity index (χ1v) is 24.7. The van der Waals surface area contributed by atoms with Crippen molar-refractivity contribution in [3.8, 4) is 0 Å². The van der Waals surface area contributed by atoms with Crippen molar-refractivity contribution in [2.75, 3.05) is 6.61 Å². The zero-order valence-electron chi connectivity index (χ0n) is 38.6. The Morgan fingerprint density at radius 2 is 0.915 bits per heavy atom. The summed E-state index contributed by atoms with van der Waals surface area (Å²) < 4.78 is 5.89. The summed E-state index contributed by atoms with van der Waals surface area (Å²) in [6.45, 7) is 6.30. The van der Waals surface area contributed by atoms with E-state index in [4.69, 9.17) is 4.74 Å². The molecule has 0 fully saturated rings. The Morgan fingerprint density at radius 3 is 1.42 bits per heavy atom. The average molecular weight is 824 g/mol. The molecule has 0 heterocycles. The van der Waals surface area contributed by atoms with E-state index in [1.807, 2.05) is 24.3 Å². The maximum Gasteiger partial charge on any atom is 0.306 e. The summed E-state index contributed by atoms with van der Waals surface area (Å²) in [5.41, 5.74) is 0. The minimum atomic E-state index is -0.805. The largest absolute Gasteiger partial charge is 0.462 e. The molecule has 0 aliphatic carbocycles. The van der Waals surface area contributed by atoms with E-state index >= 15 is 0 Å². The van der Waals surface area contributed by atoms with Crippen LogP contribution < -0.4 is 5.32 Å². The second kappa shape index (κ2) is 46.4. The van der Waals surface area contributed by atoms with Crippen molar-refractivity contribution in [3.63, 3.8) is 0 Å². The van der Waals surface area contributed by atoms with Crippen molar-refractivity contribution < 1.29 is 24.5 Å². The van der Waals surface area contributed by atoms with Gasteiger partial charge in [0.25, 0.3) is 0 Å². The van der Waals surface area contributed by atoms with Crippen molar-refractivity contribution in [2.24, 2.45) is 0 Å². The molecule has 3 atom stereocenters. The second-order valence-electron chi connectivity index (χ2n) is 16.6. The predicted octanol–water partition coefficient (Wildman–Crippen LogP) is 14.6. The number of esters is 1. The number of rotatable bonds is 43. The van der Waals surface area contributed by atoms with E-state index in [0.717, 1.165) is 83.5 Å². The molecule has 59 heavy (non-hydrogen) atoms. The zero-order chi connectivity index (χ0) is 43.1. The van der Waals surface area contributed by atoms with E-state index < -0.39 is 18.2 Å². The fraction of sp³-hybridized carbons (Fsp3) is 0.736. The molecule has 0 aromatic rings. The third-order valence-corrected chi connectivity index (χ3v) is 10.9. The lowest BCUT2D eigenvalue weighted by atomic mass is 10.0. The van der Waals surface area contributed by atoms with E-state index in [-0.39, 0.29) is 24.9 Å². The van der Waals surface area contributed by atoms with E-state index in [0.29, 0.717) is 19.3 Å². The molecule has 3 unspecified atom stereocenters. The van der Waals surface area contributed by atoms with E-state index in [1.165, 1.54) is 96.3 Å². The van der Waals surface area contributed by atoms with Gasteiger partial charge in [-0.05, 0) is 70.6 Å². The average Bonchev–Trinajstić information content (AvgIpc) is 3.23. The van der Waals surface area contributed by atoms with Crippen LogP contribution in [0, 0.1) is 0 Å². The van der Waals surface area contributed by atoms with Crippen molar-refractivity contribution in [3.05, 3.63) is 72.9 Å². The fourth-order valence-electron chi connectivity index (χ4n) is 7.14. The molecule has 0 aromatic carbocycles. The molecule has 3 N–H and O–H groups in total. The highest BCUT2D eigenvalue weighted by Crippen LogP contribution is 2.17. The Hall–Kier alpha value is -2.70. The Labute approximate surface area is 364 Å². The van der Waals surface area contributed by atoms with Crippen LogP contribution in [0.15, 0.2) is 72.9 Å². The summed E-state index contributed by atoms with van der Waals surface area (Å²) in [4.78, 5) is 26.1. The highest BCUT2D eigenvalue weighted by atomic mass is 16.5. The normalized spacial score (nSPS) is 13.9. The minimum Gasteiger partial charge on any atom is -0.462 e. The molecular weight excluding hydrogens is 731 g/mol. The number of carbonyl (C=O) groups excluding carboxylic acids is 2. The Bertz CT molecular complexity index is 1110. The van der Waals surface area contributed by atoms with Crippen LogP contribution in [0.1, 0.15) is 226 Å². The number of ether oxygens (including phenoxy) is 1. The standard InChI is InChI=1S/C53H93NO5/c1-4-7-10-13-16-19-22-24-25-26-28-31-34-37-40-43-46-53(58)59-49(44-41-38-35-32-30-27-23-20-17-14-11-8-5-2)47-52(57)54-50(48-55)51(56)45-42-39-36-33-29-21-18-15-12-9-6-3/h8,11,14,17,20,23,25-28,30-31,49-51,55-56H,4-7,9-10,12-13,15-16,18-19,21-22,24,29,32-48H2,1-3H3,(H,54,57)/b11-8+,17-14+,23-20+,26-25+,30-27-,31-28+. The number of unbranched alkanes of at least 4 members (excludes halogenated alkanes) is 23. The van der Waals surface area contributed by atoms with Gasteiger partial charge >= 0.3 is 5.97 Å². The molecule has 0 saturated heterocycles. The van der Waals surface area contributed by atoms with Crippen LogP contribution in [0.2, 0.25) is 0 Å². The molecule has 0 bridgehead atoms. The summed E-state index contributed by atoms with van der Waals surface area (Å²) in [5, 5.41) is 23.7. The third kappa shape index (κ3) is 41.8. The first kappa shape index (κ1) is 56.3. The van der Waals surface area contributed by atoms with Crippen LogP contribution in [0.25, 0.3) is 0 Å². The van der Waals surface area contributed by atoms with Gasteiger partial charge in [0, 0.05) is 6.42 Å². The lowest BCUT2D eigenvalue weighted by Crippen LogP contribution is -2.46. The zero-order valence-corrected chi connectivity index (χ0v) is 38.6. The van der Waals surface area contributed by atoms with Gasteiger partial charge in [-0.1, -0.05) is 216 Å². The molecule has 0 aliphatic rings. The van der Waals surface area contributed by atoms with Gasteiger partial charge < -0.3 is 20.3 Å². The highest BCUT2D eigenvalue weighted by Gasteiger charge is 2.24. The van der Waals surface area contributed by atoms with Gasteiger partial charge in [0.2, 0.25) is 5.91 Å². The predicted molar refractivity (Wildman–Crippen MR) is 255 cm³/mol. The molecule has 1 amide bonds. The van der Waals surface area contributed by atoms with Crippen LogP contribution in [0.4, 0.5) is 0 Å². The number of allylic oxidation sites excluding steroid dienone is 12. The lowest BCUT2D eigenvalue weighted by molar-refractivity contribution is -0.151. The lowest BCUT2D eigenvalue weighted by Gasteiger charge is -2.24. The highest BCUT2D eigenvalue weighted by molar-refractivity contribution is 5.77. The number of nitrogens with one attached hydrogen (secondary N) is 1. The molecule has 0 radical (unpaired) electrons. The number of hydrogen-bond acceptors (Lipinski definition) is 5. The smallest absolute Gasteiger partial charge is 0.306 e. The quantitative estimate of drug-likeness (QED) is 0.0323. The van der Waals surface area contributed by atoms with Crippen LogP contribution in [-0.4, -0.2) is 46.9 Å². The Balaban J connectivity index is 4.70. The third-order valence-electron chi connectivity index (χ3n) is 10.9. The maximum absolute atomic E-state index is 13.2. The summed E-state index contributed by atoms with van der Waals surface area (Å²) in [6.07, 6.45) is 58.2. The van der Waals surface area contributed by atoms with E-state index in [2.05, 4.69) is 74.7 Å². The van der Waals surface area contributed by atoms with Crippen LogP contribution in [0.3, 0.4) is 0 Å². The van der Waals surface area contributed by atoms with Gasteiger partial charge in [-0.2, -0.15) is 0 Å². The van der Waals surface area contributed by atoms with Crippen molar-refractivity contribution >= 4 is 11.9 Å². The monoisotopic (exact) mass is 824 g/mol. The van der Waals surface area contributed by atoms with Gasteiger partial charge in [-0.15, -0.1) is 0 Å². The first-order chi connectivity index (χ1) is 29.0. The van der Waals surface area contributed by atoms with Crippen molar-refractivity contribution in [2.45, 2.75) is 244 Å². The summed E-state index contributed by atoms with van der Waals surface area (Å²) in [7, 11) is 0. The van der Waals surface area contributed by atoms with Gasteiger partial charge in [-0.25, -0.2) is 0 Å². The SMILES string of the molecule is CC/C=C/C=C/C=C/C=C\CCCCCC(CC(=O)NC(CO)C(O)CCCCCCCCCCCCC)OC(=O)CCCCC/C=C/C=C/CCCCCCCCC.